The predicted molar refractivity (Wildman–Crippen MR) is 137 cm³/mol. The third kappa shape index (κ3) is 9.00. The first-order valence-electron chi connectivity index (χ1n) is 12.7. The molecule has 3 rings (SSSR count). The fraction of sp³-hybridized carbons (Fsp3) is 0.462. The molecule has 0 aliphatic carbocycles. The van der Waals surface area contributed by atoms with Crippen LogP contribution in [0.15, 0.2) is 36.4 Å². The lowest BCUT2D eigenvalue weighted by atomic mass is 10.1. The number of carbonyl (C=O) groups is 4. The second-order valence-corrected chi connectivity index (χ2v) is 8.97. The first-order valence-corrected chi connectivity index (χ1v) is 12.7. The van der Waals surface area contributed by atoms with E-state index in [1.54, 1.807) is 38.1 Å². The highest BCUT2D eigenvalue weighted by atomic mass is 16.8. The smallest absolute Gasteiger partial charge is 0.481 e. The van der Waals surface area contributed by atoms with Crippen LogP contribution in [0.4, 0.5) is 4.79 Å². The maximum Gasteiger partial charge on any atom is 0.527 e. The molecule has 2 heterocycles. The molecule has 1 saturated heterocycles. The molecule has 13 heteroatoms. The number of carboxylic acids is 1. The number of nitrogens with one attached hydrogen (secondary N) is 1. The third-order valence-electron chi connectivity index (χ3n) is 5.81. The standard InChI is InChI=1S/C26H33N5O8/c1-3-38-26(37)39-31-13-11-30(12-14-31)25(36)20(9-10-22(33)34)29-24(35)21-16-19(15-17(2)32)27-23(28-21)18-7-5-4-6-8-18/h4-8,16-17,20,32H,3,9-15H2,1-2H3,(H,29,35)(H,33,34)/t17-,20?/m0/s1. The molecule has 2 amide bonds. The zero-order valence-electron chi connectivity index (χ0n) is 21.9. The second kappa shape index (κ2) is 14.2. The minimum atomic E-state index is -1.12. The molecule has 39 heavy (non-hydrogen) atoms. The number of aliphatic hydroxyl groups excluding tert-OH is 1. The Kier molecular flexibility index (Phi) is 10.7. The largest absolute Gasteiger partial charge is 0.527 e. The molecule has 1 aromatic carbocycles. The summed E-state index contributed by atoms with van der Waals surface area (Å²) in [5.41, 5.74) is 1.09. The lowest BCUT2D eigenvalue weighted by Crippen LogP contribution is -2.55. The molecule has 0 bridgehead atoms. The van der Waals surface area contributed by atoms with Crippen LogP contribution in [-0.2, 0) is 25.6 Å². The molecule has 1 aliphatic rings. The average Bonchev–Trinajstić information content (AvgIpc) is 2.91. The molecule has 0 spiro atoms. The van der Waals surface area contributed by atoms with Gasteiger partial charge in [-0.15, -0.1) is 5.06 Å². The number of piperazine rings is 1. The molecule has 1 aromatic heterocycles. The summed E-state index contributed by atoms with van der Waals surface area (Å²) in [5.74, 6) is -1.95. The summed E-state index contributed by atoms with van der Waals surface area (Å²) in [4.78, 5) is 64.8. The highest BCUT2D eigenvalue weighted by molar-refractivity contribution is 5.96. The minimum absolute atomic E-state index is 0.0136. The number of ether oxygens (including phenoxy) is 1. The van der Waals surface area contributed by atoms with Crippen LogP contribution in [0.1, 0.15) is 42.9 Å². The van der Waals surface area contributed by atoms with Crippen molar-refractivity contribution >= 4 is 23.9 Å². The molecule has 2 atom stereocenters. The van der Waals surface area contributed by atoms with Gasteiger partial charge in [-0.25, -0.2) is 14.8 Å². The Hall–Kier alpha value is -4.10. The number of hydrogen-bond donors (Lipinski definition) is 3. The molecule has 210 valence electrons. The molecule has 1 aliphatic heterocycles. The zero-order chi connectivity index (χ0) is 28.4. The maximum atomic E-state index is 13.3. The average molecular weight is 544 g/mol. The molecular formula is C26H33N5O8. The van der Waals surface area contributed by atoms with Gasteiger partial charge in [-0.3, -0.25) is 14.4 Å². The molecule has 0 saturated carbocycles. The summed E-state index contributed by atoms with van der Waals surface area (Å²) < 4.78 is 4.75. The van der Waals surface area contributed by atoms with Crippen LogP contribution < -0.4 is 5.32 Å². The number of carbonyl (C=O) groups excluding carboxylic acids is 3. The number of carboxylic acid groups (broad SMARTS) is 1. The van der Waals surface area contributed by atoms with E-state index in [1.165, 1.54) is 16.0 Å². The number of hydrogen-bond acceptors (Lipinski definition) is 10. The topological polar surface area (TPSA) is 171 Å². The summed E-state index contributed by atoms with van der Waals surface area (Å²) >= 11 is 0. The van der Waals surface area contributed by atoms with Gasteiger partial charge in [0.05, 0.1) is 25.8 Å². The van der Waals surface area contributed by atoms with Crippen molar-refractivity contribution in [3.8, 4) is 11.4 Å². The van der Waals surface area contributed by atoms with Crippen molar-refractivity contribution in [2.75, 3.05) is 32.8 Å². The van der Waals surface area contributed by atoms with Gasteiger partial charge < -0.3 is 30.0 Å². The molecule has 13 nitrogen and oxygen atoms in total. The number of aromatic nitrogens is 2. The second-order valence-electron chi connectivity index (χ2n) is 8.97. The van der Waals surface area contributed by atoms with E-state index in [0.29, 0.717) is 11.3 Å². The van der Waals surface area contributed by atoms with Crippen molar-refractivity contribution < 1.29 is 39.0 Å². The molecule has 1 fully saturated rings. The van der Waals surface area contributed by atoms with Crippen molar-refractivity contribution in [1.29, 1.82) is 0 Å². The van der Waals surface area contributed by atoms with E-state index in [4.69, 9.17) is 9.57 Å². The van der Waals surface area contributed by atoms with Crippen molar-refractivity contribution in [2.45, 2.75) is 45.3 Å². The molecule has 0 radical (unpaired) electrons. The van der Waals surface area contributed by atoms with Crippen LogP contribution in [0.3, 0.4) is 0 Å². The number of aliphatic carboxylic acids is 1. The summed E-state index contributed by atoms with van der Waals surface area (Å²) in [7, 11) is 0. The summed E-state index contributed by atoms with van der Waals surface area (Å²) in [6.45, 7) is 4.26. The molecule has 2 aromatic rings. The predicted octanol–water partition coefficient (Wildman–Crippen LogP) is 1.26. The molecule has 1 unspecified atom stereocenters. The van der Waals surface area contributed by atoms with Gasteiger partial charge in [-0.05, 0) is 26.3 Å². The number of amides is 2. The van der Waals surface area contributed by atoms with Gasteiger partial charge >= 0.3 is 12.1 Å². The van der Waals surface area contributed by atoms with Crippen LogP contribution in [-0.4, -0.2) is 99.0 Å². The number of aliphatic hydroxyl groups is 1. The Morgan fingerprint density at radius 1 is 1.08 bits per heavy atom. The Morgan fingerprint density at radius 2 is 1.77 bits per heavy atom. The first-order chi connectivity index (χ1) is 18.7. The number of nitrogens with zero attached hydrogens (tertiary/aromatic N) is 4. The summed E-state index contributed by atoms with van der Waals surface area (Å²) in [6, 6.07) is 9.33. The summed E-state index contributed by atoms with van der Waals surface area (Å²) in [6.07, 6.45) is -1.83. The van der Waals surface area contributed by atoms with Gasteiger partial charge in [0.2, 0.25) is 5.91 Å². The number of benzene rings is 1. The number of hydroxylamine groups is 2. The van der Waals surface area contributed by atoms with Crippen LogP contribution in [0.25, 0.3) is 11.4 Å². The monoisotopic (exact) mass is 543 g/mol. The van der Waals surface area contributed by atoms with E-state index in [-0.39, 0.29) is 63.6 Å². The molecular weight excluding hydrogens is 510 g/mol. The maximum absolute atomic E-state index is 13.3. The fourth-order valence-electron chi connectivity index (χ4n) is 3.96. The third-order valence-corrected chi connectivity index (χ3v) is 5.81. The normalized spacial score (nSPS) is 15.2. The zero-order valence-corrected chi connectivity index (χ0v) is 21.9. The first kappa shape index (κ1) is 29.5. The Balaban J connectivity index is 1.76. The van der Waals surface area contributed by atoms with E-state index in [2.05, 4.69) is 15.3 Å². The molecule has 3 N–H and O–H groups in total. The number of rotatable bonds is 11. The van der Waals surface area contributed by atoms with Crippen LogP contribution in [0, 0.1) is 0 Å². The van der Waals surface area contributed by atoms with E-state index in [0.717, 1.165) is 0 Å². The van der Waals surface area contributed by atoms with Crippen LogP contribution in [0.5, 0.6) is 0 Å². The van der Waals surface area contributed by atoms with Gasteiger partial charge in [0.25, 0.3) is 5.91 Å². The Morgan fingerprint density at radius 3 is 2.38 bits per heavy atom. The minimum Gasteiger partial charge on any atom is -0.481 e. The quantitative estimate of drug-likeness (QED) is 0.348. The van der Waals surface area contributed by atoms with Crippen molar-refractivity contribution in [1.82, 2.24) is 25.2 Å². The van der Waals surface area contributed by atoms with Crippen molar-refractivity contribution in [3.63, 3.8) is 0 Å². The van der Waals surface area contributed by atoms with Gasteiger partial charge in [-0.1, -0.05) is 30.3 Å². The van der Waals surface area contributed by atoms with Gasteiger partial charge in [0.1, 0.15) is 11.7 Å². The van der Waals surface area contributed by atoms with Crippen LogP contribution >= 0.6 is 0 Å². The van der Waals surface area contributed by atoms with Crippen molar-refractivity contribution in [3.05, 3.63) is 47.8 Å². The van der Waals surface area contributed by atoms with E-state index < -0.39 is 36.1 Å². The Labute approximate surface area is 225 Å². The van der Waals surface area contributed by atoms with Crippen LogP contribution in [0.2, 0.25) is 0 Å². The lowest BCUT2D eigenvalue weighted by molar-refractivity contribution is -0.157. The van der Waals surface area contributed by atoms with Gasteiger partial charge in [0, 0.05) is 37.2 Å². The summed E-state index contributed by atoms with van der Waals surface area (Å²) in [5, 5.41) is 23.1. The SMILES string of the molecule is CCOC(=O)ON1CCN(C(=O)C(CCC(=O)O)NC(=O)c2cc(C[C@H](C)O)nc(-c3ccccc3)n2)CC1. The highest BCUT2D eigenvalue weighted by Crippen LogP contribution is 2.17. The lowest BCUT2D eigenvalue weighted by Gasteiger charge is -2.35. The van der Waals surface area contributed by atoms with E-state index in [1.807, 2.05) is 6.07 Å². The highest BCUT2D eigenvalue weighted by Gasteiger charge is 2.31. The van der Waals surface area contributed by atoms with E-state index >= 15 is 0 Å². The Bertz CT molecular complexity index is 1150. The van der Waals surface area contributed by atoms with Gasteiger partial charge in [-0.2, -0.15) is 0 Å². The fourth-order valence-corrected chi connectivity index (χ4v) is 3.96. The van der Waals surface area contributed by atoms with Crippen molar-refractivity contribution in [2.24, 2.45) is 0 Å². The van der Waals surface area contributed by atoms with E-state index in [9.17, 15) is 29.4 Å². The van der Waals surface area contributed by atoms with Gasteiger partial charge in [0.15, 0.2) is 5.82 Å².